The van der Waals surface area contributed by atoms with Gasteiger partial charge in [0.1, 0.15) is 5.82 Å². The van der Waals surface area contributed by atoms with E-state index in [0.29, 0.717) is 5.56 Å². The highest BCUT2D eigenvalue weighted by atomic mass is 32.2. The van der Waals surface area contributed by atoms with Gasteiger partial charge in [0.2, 0.25) is 10.0 Å². The number of sulfonamides is 1. The number of carbonyl (C=O) groups is 1. The van der Waals surface area contributed by atoms with E-state index in [2.05, 4.69) is 4.72 Å². The van der Waals surface area contributed by atoms with Crippen LogP contribution in [0.4, 0.5) is 4.39 Å². The normalized spacial score (nSPS) is 12.8. The first kappa shape index (κ1) is 21.0. The van der Waals surface area contributed by atoms with Crippen LogP contribution in [0.1, 0.15) is 28.9 Å². The number of nitrogens with zero attached hydrogens (tertiary/aromatic N) is 1. The topological polar surface area (TPSA) is 75.7 Å². The molecule has 0 saturated carbocycles. The van der Waals surface area contributed by atoms with E-state index in [1.54, 1.807) is 38.1 Å². The molecule has 2 rings (SSSR count). The molecule has 0 saturated heterocycles. The lowest BCUT2D eigenvalue weighted by Crippen LogP contribution is -2.34. The van der Waals surface area contributed by atoms with Crippen molar-refractivity contribution in [3.8, 4) is 0 Å². The van der Waals surface area contributed by atoms with Crippen LogP contribution < -0.4 is 4.72 Å². The molecule has 0 aliphatic carbocycles. The number of likely N-dealkylation sites (N-methyl/N-ethyl adjacent to an activating group) is 1. The van der Waals surface area contributed by atoms with Crippen LogP contribution >= 0.6 is 0 Å². The second-order valence-corrected chi connectivity index (χ2v) is 7.90. The van der Waals surface area contributed by atoms with E-state index in [0.717, 1.165) is 0 Å². The summed E-state index contributed by atoms with van der Waals surface area (Å²) in [7, 11) is -0.205. The molecule has 0 bridgehead atoms. The van der Waals surface area contributed by atoms with Gasteiger partial charge in [-0.2, -0.15) is 0 Å². The van der Waals surface area contributed by atoms with Crippen molar-refractivity contribution in [2.45, 2.75) is 17.9 Å². The van der Waals surface area contributed by atoms with Crippen molar-refractivity contribution in [1.82, 2.24) is 9.62 Å². The predicted molar refractivity (Wildman–Crippen MR) is 100 cm³/mol. The van der Waals surface area contributed by atoms with E-state index in [9.17, 15) is 17.6 Å². The fourth-order valence-corrected chi connectivity index (χ4v) is 3.61. The first-order valence-electron chi connectivity index (χ1n) is 8.43. The largest absolute Gasteiger partial charge is 0.462 e. The number of hydrogen-bond acceptors (Lipinski definition) is 5. The number of halogens is 1. The molecule has 27 heavy (non-hydrogen) atoms. The molecule has 1 unspecified atom stereocenters. The van der Waals surface area contributed by atoms with E-state index >= 15 is 0 Å². The number of rotatable bonds is 8. The second-order valence-electron chi connectivity index (χ2n) is 6.13. The van der Waals surface area contributed by atoms with E-state index in [1.807, 2.05) is 0 Å². The molecular weight excluding hydrogens is 371 g/mol. The molecule has 146 valence electrons. The summed E-state index contributed by atoms with van der Waals surface area (Å²) in [6.07, 6.45) is 0. The van der Waals surface area contributed by atoms with Crippen molar-refractivity contribution in [2.24, 2.45) is 0 Å². The summed E-state index contributed by atoms with van der Waals surface area (Å²) in [5.41, 5.74) is 0.946. The van der Waals surface area contributed by atoms with Crippen molar-refractivity contribution < 1.29 is 22.3 Å². The molecule has 0 aromatic heterocycles. The van der Waals surface area contributed by atoms with Crippen LogP contribution in [0.3, 0.4) is 0 Å². The minimum absolute atomic E-state index is 0.0345. The Balaban J connectivity index is 2.13. The van der Waals surface area contributed by atoms with Crippen molar-refractivity contribution in [3.05, 3.63) is 65.5 Å². The first-order chi connectivity index (χ1) is 12.7. The lowest BCUT2D eigenvalue weighted by Gasteiger charge is -2.25. The van der Waals surface area contributed by atoms with Gasteiger partial charge in [-0.1, -0.05) is 12.1 Å². The van der Waals surface area contributed by atoms with Gasteiger partial charge in [-0.15, -0.1) is 0 Å². The van der Waals surface area contributed by atoms with Gasteiger partial charge in [-0.3, -0.25) is 0 Å². The molecular formula is C19H23FN2O4S. The molecule has 1 N–H and O–H groups in total. The Morgan fingerprint density at radius 2 is 1.85 bits per heavy atom. The number of carbonyl (C=O) groups excluding carboxylic acids is 1. The Hall–Kier alpha value is -2.29. The van der Waals surface area contributed by atoms with Crippen LogP contribution in [0.2, 0.25) is 0 Å². The zero-order chi connectivity index (χ0) is 20.0. The van der Waals surface area contributed by atoms with Crippen LogP contribution in [0.25, 0.3) is 0 Å². The van der Waals surface area contributed by atoms with Gasteiger partial charge in [-0.05, 0) is 63.0 Å². The van der Waals surface area contributed by atoms with Crippen LogP contribution in [0.5, 0.6) is 0 Å². The Morgan fingerprint density at radius 3 is 2.41 bits per heavy atom. The number of hydrogen-bond donors (Lipinski definition) is 1. The summed E-state index contributed by atoms with van der Waals surface area (Å²) in [5.74, 6) is -0.884. The fraction of sp³-hybridized carbons (Fsp3) is 0.316. The Morgan fingerprint density at radius 1 is 1.19 bits per heavy atom. The third kappa shape index (κ3) is 5.59. The quantitative estimate of drug-likeness (QED) is 0.697. The molecule has 0 amide bonds. The highest BCUT2D eigenvalue weighted by molar-refractivity contribution is 7.89. The van der Waals surface area contributed by atoms with Gasteiger partial charge in [0.05, 0.1) is 17.1 Å². The molecule has 0 heterocycles. The lowest BCUT2D eigenvalue weighted by molar-refractivity contribution is 0.0526. The van der Waals surface area contributed by atoms with Crippen molar-refractivity contribution in [2.75, 3.05) is 27.2 Å². The van der Waals surface area contributed by atoms with Crippen LogP contribution in [0.15, 0.2) is 53.4 Å². The highest BCUT2D eigenvalue weighted by Crippen LogP contribution is 2.19. The standard InChI is InChI=1S/C19H23FN2O4S/c1-4-26-19(23)14-8-10-17(11-9-14)27(24,25)21-13-18(22(2)3)15-6-5-7-16(20)12-15/h5-12,18,21H,4,13H2,1-3H3. The van der Waals surface area contributed by atoms with E-state index < -0.39 is 16.0 Å². The monoisotopic (exact) mass is 394 g/mol. The van der Waals surface area contributed by atoms with Gasteiger partial charge >= 0.3 is 5.97 Å². The summed E-state index contributed by atoms with van der Waals surface area (Å²) in [6, 6.07) is 11.2. The highest BCUT2D eigenvalue weighted by Gasteiger charge is 2.20. The summed E-state index contributed by atoms with van der Waals surface area (Å²) in [5, 5.41) is 0. The third-order valence-electron chi connectivity index (χ3n) is 4.00. The molecule has 0 aliphatic heterocycles. The second kappa shape index (κ2) is 9.07. The number of benzene rings is 2. The van der Waals surface area contributed by atoms with Gasteiger partial charge in [-0.25, -0.2) is 22.3 Å². The van der Waals surface area contributed by atoms with Gasteiger partial charge in [0.15, 0.2) is 0 Å². The summed E-state index contributed by atoms with van der Waals surface area (Å²) >= 11 is 0. The Kier molecular flexibility index (Phi) is 7.06. The smallest absolute Gasteiger partial charge is 0.338 e. The van der Waals surface area contributed by atoms with Crippen molar-refractivity contribution in [1.29, 1.82) is 0 Å². The summed E-state index contributed by atoms with van der Waals surface area (Å²) in [6.45, 7) is 2.01. The maximum Gasteiger partial charge on any atom is 0.338 e. The third-order valence-corrected chi connectivity index (χ3v) is 5.44. The summed E-state index contributed by atoms with van der Waals surface area (Å²) in [4.78, 5) is 13.5. The van der Waals surface area contributed by atoms with Crippen molar-refractivity contribution >= 4 is 16.0 Å². The molecule has 0 aliphatic rings. The fourth-order valence-electron chi connectivity index (χ4n) is 2.57. The maximum absolute atomic E-state index is 13.5. The van der Waals surface area contributed by atoms with E-state index in [1.165, 1.54) is 36.4 Å². The Bertz CT molecular complexity index is 883. The van der Waals surface area contributed by atoms with Crippen LogP contribution in [-0.2, 0) is 14.8 Å². The van der Waals surface area contributed by atoms with Crippen LogP contribution in [-0.4, -0.2) is 46.5 Å². The van der Waals surface area contributed by atoms with E-state index in [4.69, 9.17) is 4.74 Å². The lowest BCUT2D eigenvalue weighted by atomic mass is 10.1. The zero-order valence-electron chi connectivity index (χ0n) is 15.5. The average Bonchev–Trinajstić information content (AvgIpc) is 2.62. The minimum Gasteiger partial charge on any atom is -0.462 e. The molecule has 0 spiro atoms. The molecule has 2 aromatic carbocycles. The predicted octanol–water partition coefficient (Wildman–Crippen LogP) is 2.58. The maximum atomic E-state index is 13.5. The molecule has 2 aromatic rings. The molecule has 0 fully saturated rings. The average molecular weight is 394 g/mol. The molecule has 0 radical (unpaired) electrons. The zero-order valence-corrected chi connectivity index (χ0v) is 16.3. The molecule has 1 atom stereocenters. The van der Waals surface area contributed by atoms with Gasteiger partial charge in [0.25, 0.3) is 0 Å². The summed E-state index contributed by atoms with van der Waals surface area (Å²) < 4.78 is 46.0. The molecule has 6 nitrogen and oxygen atoms in total. The van der Waals surface area contributed by atoms with Gasteiger partial charge in [0, 0.05) is 12.6 Å². The first-order valence-corrected chi connectivity index (χ1v) is 9.91. The number of esters is 1. The minimum atomic E-state index is -3.78. The van der Waals surface area contributed by atoms with Gasteiger partial charge < -0.3 is 9.64 Å². The van der Waals surface area contributed by atoms with E-state index in [-0.39, 0.29) is 35.5 Å². The van der Waals surface area contributed by atoms with Crippen molar-refractivity contribution in [3.63, 3.8) is 0 Å². The molecule has 8 heteroatoms. The number of nitrogens with one attached hydrogen (secondary N) is 1. The Labute approximate surface area is 159 Å². The SMILES string of the molecule is CCOC(=O)c1ccc(S(=O)(=O)NCC(c2cccc(F)c2)N(C)C)cc1. The van der Waals surface area contributed by atoms with Crippen LogP contribution in [0, 0.1) is 5.82 Å². The number of ether oxygens (including phenoxy) is 1.